The zero-order valence-electron chi connectivity index (χ0n) is 14.2. The Morgan fingerprint density at radius 2 is 1.96 bits per heavy atom. The highest BCUT2D eigenvalue weighted by atomic mass is 32.2. The fraction of sp³-hybridized carbons (Fsp3) is 0.500. The molecule has 0 radical (unpaired) electrons. The second-order valence-corrected chi connectivity index (χ2v) is 7.57. The summed E-state index contributed by atoms with van der Waals surface area (Å²) in [5.41, 5.74) is 0.755. The van der Waals surface area contributed by atoms with Gasteiger partial charge in [0.15, 0.2) is 5.82 Å². The Hall–Kier alpha value is -2.20. The lowest BCUT2D eigenvalue weighted by atomic mass is 10.1. The maximum atomic E-state index is 12.6. The van der Waals surface area contributed by atoms with Crippen LogP contribution in [0.3, 0.4) is 0 Å². The van der Waals surface area contributed by atoms with Gasteiger partial charge in [-0.15, -0.1) is 0 Å². The fourth-order valence-electron chi connectivity index (χ4n) is 2.28. The van der Waals surface area contributed by atoms with Crippen LogP contribution in [0.1, 0.15) is 31.0 Å². The van der Waals surface area contributed by atoms with E-state index in [1.54, 1.807) is 40.7 Å². The van der Waals surface area contributed by atoms with Crippen LogP contribution in [0.2, 0.25) is 0 Å². The fourth-order valence-corrected chi connectivity index (χ4v) is 4.00. The maximum absolute atomic E-state index is 12.6. The minimum Gasteiger partial charge on any atom is -0.360 e. The van der Waals surface area contributed by atoms with E-state index in [1.165, 1.54) is 0 Å². The van der Waals surface area contributed by atoms with Gasteiger partial charge in [-0.3, -0.25) is 9.89 Å². The van der Waals surface area contributed by atoms with Gasteiger partial charge in [-0.05, 0) is 26.7 Å². The minimum atomic E-state index is -3.90. The molecule has 0 spiro atoms. The molecule has 2 rings (SSSR count). The lowest BCUT2D eigenvalue weighted by Crippen LogP contribution is -2.47. The van der Waals surface area contributed by atoms with E-state index in [4.69, 9.17) is 4.52 Å². The molecular formula is C14H21N5O4S. The van der Waals surface area contributed by atoms with E-state index in [0.29, 0.717) is 17.1 Å². The Balaban J connectivity index is 2.23. The van der Waals surface area contributed by atoms with Crippen LogP contribution in [0.4, 0.5) is 5.82 Å². The zero-order chi connectivity index (χ0) is 18.1. The largest absolute Gasteiger partial charge is 0.360 e. The lowest BCUT2D eigenvalue weighted by Gasteiger charge is -2.21. The van der Waals surface area contributed by atoms with Gasteiger partial charge in [0.25, 0.3) is 0 Å². The smallest absolute Gasteiger partial charge is 0.244 e. The molecule has 0 bridgehead atoms. The van der Waals surface area contributed by atoms with Crippen molar-refractivity contribution in [2.45, 2.75) is 45.6 Å². The van der Waals surface area contributed by atoms with Gasteiger partial charge in [-0.25, -0.2) is 8.42 Å². The number of H-pyrrole nitrogens is 1. The summed E-state index contributed by atoms with van der Waals surface area (Å²) in [6.45, 7) is 8.37. The summed E-state index contributed by atoms with van der Waals surface area (Å²) in [5.74, 6) is -0.0180. The van der Waals surface area contributed by atoms with Crippen LogP contribution in [0.5, 0.6) is 0 Å². The monoisotopic (exact) mass is 355 g/mol. The quantitative estimate of drug-likeness (QED) is 0.715. The van der Waals surface area contributed by atoms with Crippen molar-refractivity contribution in [2.75, 3.05) is 5.32 Å². The Morgan fingerprint density at radius 1 is 1.29 bits per heavy atom. The van der Waals surface area contributed by atoms with Gasteiger partial charge in [0.1, 0.15) is 16.7 Å². The van der Waals surface area contributed by atoms with Crippen LogP contribution in [0.15, 0.2) is 15.5 Å². The number of anilines is 1. The highest BCUT2D eigenvalue weighted by molar-refractivity contribution is 7.89. The highest BCUT2D eigenvalue weighted by Gasteiger charge is 2.31. The van der Waals surface area contributed by atoms with E-state index >= 15 is 0 Å². The number of aromatic nitrogens is 3. The van der Waals surface area contributed by atoms with E-state index < -0.39 is 22.0 Å². The summed E-state index contributed by atoms with van der Waals surface area (Å²) < 4.78 is 32.6. The molecule has 1 amide bonds. The van der Waals surface area contributed by atoms with E-state index in [2.05, 4.69) is 25.4 Å². The molecule has 0 aliphatic rings. The van der Waals surface area contributed by atoms with Crippen LogP contribution < -0.4 is 10.0 Å². The Kier molecular flexibility index (Phi) is 5.09. The van der Waals surface area contributed by atoms with Crippen LogP contribution in [0.25, 0.3) is 0 Å². The number of hydrogen-bond acceptors (Lipinski definition) is 6. The lowest BCUT2D eigenvalue weighted by molar-refractivity contribution is -0.118. The first-order valence-corrected chi connectivity index (χ1v) is 8.88. The van der Waals surface area contributed by atoms with Crippen molar-refractivity contribution in [3.8, 4) is 0 Å². The molecule has 2 aromatic rings. The summed E-state index contributed by atoms with van der Waals surface area (Å²) >= 11 is 0. The minimum absolute atomic E-state index is 0.0539. The molecule has 0 aromatic carbocycles. The second kappa shape index (κ2) is 6.73. The van der Waals surface area contributed by atoms with Crippen LogP contribution >= 0.6 is 0 Å². The van der Waals surface area contributed by atoms with Crippen LogP contribution in [-0.2, 0) is 14.8 Å². The SMILES string of the molecule is Cc1cc(NC(=O)[C@H](NS(=O)(=O)c2c(C)n[nH]c2C)C(C)C)no1. The van der Waals surface area contributed by atoms with Crippen molar-refractivity contribution in [1.29, 1.82) is 0 Å². The van der Waals surface area contributed by atoms with Crippen molar-refractivity contribution >= 4 is 21.7 Å². The van der Waals surface area contributed by atoms with Gasteiger partial charge < -0.3 is 9.84 Å². The van der Waals surface area contributed by atoms with Crippen molar-refractivity contribution in [3.05, 3.63) is 23.2 Å². The summed E-state index contributed by atoms with van der Waals surface area (Å²) in [6, 6.07) is 0.578. The summed E-state index contributed by atoms with van der Waals surface area (Å²) in [5, 5.41) is 12.7. The first kappa shape index (κ1) is 18.1. The Bertz CT molecular complexity index is 818. The molecule has 0 aliphatic carbocycles. The molecule has 2 aromatic heterocycles. The molecule has 2 heterocycles. The van der Waals surface area contributed by atoms with Gasteiger partial charge >= 0.3 is 0 Å². The number of nitrogens with one attached hydrogen (secondary N) is 3. The molecule has 0 saturated carbocycles. The molecule has 0 saturated heterocycles. The summed E-state index contributed by atoms with van der Waals surface area (Å²) in [6.07, 6.45) is 0. The number of rotatable bonds is 6. The molecule has 0 aliphatic heterocycles. The predicted octanol–water partition coefficient (Wildman–Crippen LogP) is 1.26. The standard InChI is InChI=1S/C14H21N5O4S/c1-7(2)12(14(20)15-11-6-8(3)23-18-11)19-24(21,22)13-9(4)16-17-10(13)5/h6-7,12,19H,1-5H3,(H,16,17)(H,15,18,20)/t12-/m1/s1. The maximum Gasteiger partial charge on any atom is 0.244 e. The molecule has 10 heteroatoms. The van der Waals surface area contributed by atoms with Crippen molar-refractivity contribution in [2.24, 2.45) is 5.92 Å². The van der Waals surface area contributed by atoms with E-state index in [1.807, 2.05) is 0 Å². The molecular weight excluding hydrogens is 334 g/mol. The second-order valence-electron chi connectivity index (χ2n) is 5.92. The first-order valence-electron chi connectivity index (χ1n) is 7.40. The normalized spacial score (nSPS) is 13.2. The molecule has 0 fully saturated rings. The Morgan fingerprint density at radius 3 is 2.42 bits per heavy atom. The highest BCUT2D eigenvalue weighted by Crippen LogP contribution is 2.18. The van der Waals surface area contributed by atoms with Crippen molar-refractivity contribution < 1.29 is 17.7 Å². The van der Waals surface area contributed by atoms with Gasteiger partial charge in [-0.1, -0.05) is 19.0 Å². The molecule has 24 heavy (non-hydrogen) atoms. The van der Waals surface area contributed by atoms with E-state index in [0.717, 1.165) is 0 Å². The van der Waals surface area contributed by atoms with Gasteiger partial charge in [0.05, 0.1) is 11.4 Å². The molecule has 9 nitrogen and oxygen atoms in total. The number of aryl methyl sites for hydroxylation is 3. The van der Waals surface area contributed by atoms with Gasteiger partial charge in [0, 0.05) is 6.07 Å². The Labute approximate surface area is 140 Å². The number of aromatic amines is 1. The van der Waals surface area contributed by atoms with Crippen LogP contribution in [-0.4, -0.2) is 35.7 Å². The summed E-state index contributed by atoms with van der Waals surface area (Å²) in [4.78, 5) is 12.5. The number of carbonyl (C=O) groups is 1. The van der Waals surface area contributed by atoms with E-state index in [9.17, 15) is 13.2 Å². The summed E-state index contributed by atoms with van der Waals surface area (Å²) in [7, 11) is -3.90. The molecule has 132 valence electrons. The average Bonchev–Trinajstić information content (AvgIpc) is 3.02. The third kappa shape index (κ3) is 3.82. The number of amides is 1. The third-order valence-electron chi connectivity index (χ3n) is 3.44. The third-order valence-corrected chi connectivity index (χ3v) is 5.14. The zero-order valence-corrected chi connectivity index (χ0v) is 15.0. The van der Waals surface area contributed by atoms with Gasteiger partial charge in [-0.2, -0.15) is 9.82 Å². The van der Waals surface area contributed by atoms with E-state index in [-0.39, 0.29) is 16.6 Å². The van der Waals surface area contributed by atoms with Crippen LogP contribution in [0, 0.1) is 26.7 Å². The average molecular weight is 355 g/mol. The topological polar surface area (TPSA) is 130 Å². The van der Waals surface area contributed by atoms with Crippen molar-refractivity contribution in [3.63, 3.8) is 0 Å². The molecule has 3 N–H and O–H groups in total. The number of sulfonamides is 1. The number of hydrogen-bond donors (Lipinski definition) is 3. The molecule has 1 atom stereocenters. The van der Waals surface area contributed by atoms with Gasteiger partial charge in [0.2, 0.25) is 15.9 Å². The first-order chi connectivity index (χ1) is 11.1. The predicted molar refractivity (Wildman–Crippen MR) is 86.9 cm³/mol. The molecule has 0 unspecified atom stereocenters. The number of carbonyl (C=O) groups excluding carboxylic acids is 1. The van der Waals surface area contributed by atoms with Crippen molar-refractivity contribution in [1.82, 2.24) is 20.1 Å². The number of nitrogens with zero attached hydrogens (tertiary/aromatic N) is 2.